The second kappa shape index (κ2) is 5.54. The molecule has 0 radical (unpaired) electrons. The topological polar surface area (TPSA) is 66.6 Å². The highest BCUT2D eigenvalue weighted by Gasteiger charge is 2.14. The van der Waals surface area contributed by atoms with Crippen molar-refractivity contribution in [1.29, 1.82) is 0 Å². The molecule has 0 spiro atoms. The number of nitrogens with two attached hydrogens (primary N) is 1. The van der Waals surface area contributed by atoms with Crippen LogP contribution in [0.1, 0.15) is 0 Å². The van der Waals surface area contributed by atoms with E-state index in [1.165, 1.54) is 10.6 Å². The predicted octanol–water partition coefficient (Wildman–Crippen LogP) is -1.23. The van der Waals surface area contributed by atoms with Crippen LogP contribution in [0.2, 0.25) is 0 Å². The monoisotopic (exact) mass is 209 g/mol. The zero-order valence-electron chi connectivity index (χ0n) is 8.52. The van der Waals surface area contributed by atoms with E-state index < -0.39 is 10.0 Å². The minimum Gasteiger partial charge on any atom is -0.329 e. The Morgan fingerprint density at radius 2 is 1.69 bits per heavy atom. The summed E-state index contributed by atoms with van der Waals surface area (Å²) in [5.74, 6) is 0. The molecule has 2 N–H and O–H groups in total. The van der Waals surface area contributed by atoms with Crippen LogP contribution in [0.15, 0.2) is 0 Å². The van der Waals surface area contributed by atoms with E-state index in [9.17, 15) is 8.42 Å². The van der Waals surface area contributed by atoms with Gasteiger partial charge in [0.25, 0.3) is 0 Å². The first-order chi connectivity index (χ1) is 5.88. The molecule has 0 aliphatic rings. The molecule has 0 rings (SSSR count). The molecule has 0 fully saturated rings. The molecule has 0 amide bonds. The molecule has 0 aromatic carbocycles. The number of sulfonamides is 1. The fraction of sp³-hybridized carbons (Fsp3) is 1.00. The molecule has 0 aromatic rings. The highest BCUT2D eigenvalue weighted by Crippen LogP contribution is 1.96. The highest BCUT2D eigenvalue weighted by atomic mass is 32.2. The van der Waals surface area contributed by atoms with Crippen LogP contribution < -0.4 is 5.73 Å². The quantitative estimate of drug-likeness (QED) is 0.595. The van der Waals surface area contributed by atoms with Gasteiger partial charge in [0.05, 0.1) is 6.26 Å². The Labute approximate surface area is 80.5 Å². The van der Waals surface area contributed by atoms with Crippen molar-refractivity contribution in [2.45, 2.75) is 0 Å². The first-order valence-electron chi connectivity index (χ1n) is 4.18. The zero-order valence-corrected chi connectivity index (χ0v) is 9.34. The van der Waals surface area contributed by atoms with Crippen LogP contribution in [-0.2, 0) is 10.0 Å². The molecule has 6 heteroatoms. The first kappa shape index (κ1) is 12.8. The molecule has 13 heavy (non-hydrogen) atoms. The zero-order chi connectivity index (χ0) is 10.5. The van der Waals surface area contributed by atoms with Crippen LogP contribution in [0.3, 0.4) is 0 Å². The summed E-state index contributed by atoms with van der Waals surface area (Å²) in [5.41, 5.74) is 5.31. The summed E-state index contributed by atoms with van der Waals surface area (Å²) in [6.45, 7) is 1.98. The maximum Gasteiger partial charge on any atom is 0.211 e. The summed E-state index contributed by atoms with van der Waals surface area (Å²) >= 11 is 0. The van der Waals surface area contributed by atoms with Gasteiger partial charge < -0.3 is 10.6 Å². The third kappa shape index (κ3) is 5.98. The van der Waals surface area contributed by atoms with Gasteiger partial charge in [0, 0.05) is 26.2 Å². The molecule has 0 aliphatic carbocycles. The molecule has 0 saturated heterocycles. The standard InChI is InChI=1S/C7H19N3O2S/c1-9(2)6-7-10(5-4-8)13(3,11)12/h4-8H2,1-3H3. The average Bonchev–Trinajstić information content (AvgIpc) is 1.95. The van der Waals surface area contributed by atoms with Gasteiger partial charge in [-0.25, -0.2) is 8.42 Å². The Balaban J connectivity index is 4.12. The largest absolute Gasteiger partial charge is 0.329 e. The molecular formula is C7H19N3O2S. The van der Waals surface area contributed by atoms with Crippen molar-refractivity contribution in [3.63, 3.8) is 0 Å². The Hall–Kier alpha value is -0.170. The Kier molecular flexibility index (Phi) is 5.46. The number of hydrogen-bond acceptors (Lipinski definition) is 4. The molecule has 0 aliphatic heterocycles. The van der Waals surface area contributed by atoms with Crippen molar-refractivity contribution in [3.05, 3.63) is 0 Å². The SMILES string of the molecule is CN(C)CCN(CCN)S(C)(=O)=O. The van der Waals surface area contributed by atoms with Gasteiger partial charge in [0.15, 0.2) is 0 Å². The second-order valence-corrected chi connectivity index (χ2v) is 5.24. The lowest BCUT2D eigenvalue weighted by molar-refractivity contribution is 0.338. The van der Waals surface area contributed by atoms with E-state index >= 15 is 0 Å². The van der Waals surface area contributed by atoms with Gasteiger partial charge in [-0.15, -0.1) is 0 Å². The summed E-state index contributed by atoms with van der Waals surface area (Å²) in [4.78, 5) is 1.94. The molecule has 80 valence electrons. The molecule has 5 nitrogen and oxygen atoms in total. The summed E-state index contributed by atoms with van der Waals surface area (Å²) < 4.78 is 23.8. The van der Waals surface area contributed by atoms with Crippen molar-refractivity contribution >= 4 is 10.0 Å². The van der Waals surface area contributed by atoms with Crippen molar-refractivity contribution in [2.24, 2.45) is 5.73 Å². The lowest BCUT2D eigenvalue weighted by Crippen LogP contribution is -2.39. The minimum atomic E-state index is -3.10. The van der Waals surface area contributed by atoms with Crippen LogP contribution in [0.25, 0.3) is 0 Å². The van der Waals surface area contributed by atoms with Crippen molar-refractivity contribution in [3.8, 4) is 0 Å². The lowest BCUT2D eigenvalue weighted by atomic mass is 10.5. The first-order valence-corrected chi connectivity index (χ1v) is 6.02. The van der Waals surface area contributed by atoms with Gasteiger partial charge in [-0.3, -0.25) is 0 Å². The van der Waals surface area contributed by atoms with Crippen LogP contribution in [0.5, 0.6) is 0 Å². The van der Waals surface area contributed by atoms with E-state index in [4.69, 9.17) is 5.73 Å². The Morgan fingerprint density at radius 1 is 1.15 bits per heavy atom. The van der Waals surface area contributed by atoms with E-state index in [1.807, 2.05) is 19.0 Å². The van der Waals surface area contributed by atoms with Gasteiger partial charge in [0.2, 0.25) is 10.0 Å². The van der Waals surface area contributed by atoms with E-state index in [2.05, 4.69) is 0 Å². The van der Waals surface area contributed by atoms with Crippen LogP contribution in [0, 0.1) is 0 Å². The minimum absolute atomic E-state index is 0.362. The summed E-state index contributed by atoms with van der Waals surface area (Å²) in [5, 5.41) is 0. The summed E-state index contributed by atoms with van der Waals surface area (Å²) in [6.07, 6.45) is 1.21. The van der Waals surface area contributed by atoms with Gasteiger partial charge in [0.1, 0.15) is 0 Å². The molecule has 0 heterocycles. The third-order valence-corrected chi connectivity index (χ3v) is 2.95. The molecule has 0 atom stereocenters. The fourth-order valence-electron chi connectivity index (χ4n) is 0.899. The van der Waals surface area contributed by atoms with E-state index in [-0.39, 0.29) is 0 Å². The highest BCUT2D eigenvalue weighted by molar-refractivity contribution is 7.88. The molecule has 0 aromatic heterocycles. The number of nitrogens with zero attached hydrogens (tertiary/aromatic N) is 2. The van der Waals surface area contributed by atoms with Gasteiger partial charge in [-0.05, 0) is 14.1 Å². The molecular weight excluding hydrogens is 190 g/mol. The normalized spacial score (nSPS) is 12.8. The number of hydrogen-bond donors (Lipinski definition) is 1. The van der Waals surface area contributed by atoms with Crippen molar-refractivity contribution in [1.82, 2.24) is 9.21 Å². The molecule has 0 bridgehead atoms. The van der Waals surface area contributed by atoms with Gasteiger partial charge in [-0.2, -0.15) is 4.31 Å². The second-order valence-electron chi connectivity index (χ2n) is 3.25. The van der Waals surface area contributed by atoms with Crippen LogP contribution in [-0.4, -0.2) is 64.2 Å². The van der Waals surface area contributed by atoms with Crippen LogP contribution in [0.4, 0.5) is 0 Å². The molecule has 0 unspecified atom stereocenters. The number of rotatable bonds is 6. The van der Waals surface area contributed by atoms with Crippen LogP contribution >= 0.6 is 0 Å². The van der Waals surface area contributed by atoms with E-state index in [1.54, 1.807) is 0 Å². The summed E-state index contributed by atoms with van der Waals surface area (Å²) in [6, 6.07) is 0. The van der Waals surface area contributed by atoms with Gasteiger partial charge >= 0.3 is 0 Å². The summed E-state index contributed by atoms with van der Waals surface area (Å²) in [7, 11) is 0.715. The smallest absolute Gasteiger partial charge is 0.211 e. The van der Waals surface area contributed by atoms with Crippen molar-refractivity contribution < 1.29 is 8.42 Å². The molecule has 0 saturated carbocycles. The van der Waals surface area contributed by atoms with E-state index in [0.29, 0.717) is 26.2 Å². The van der Waals surface area contributed by atoms with E-state index in [0.717, 1.165) is 0 Å². The van der Waals surface area contributed by atoms with Gasteiger partial charge in [-0.1, -0.05) is 0 Å². The maximum atomic E-state index is 11.2. The lowest BCUT2D eigenvalue weighted by Gasteiger charge is -2.20. The third-order valence-electron chi connectivity index (χ3n) is 1.64. The average molecular weight is 209 g/mol. The Morgan fingerprint density at radius 3 is 2.00 bits per heavy atom. The fourth-order valence-corrected chi connectivity index (χ4v) is 1.75. The maximum absolute atomic E-state index is 11.2. The van der Waals surface area contributed by atoms with Crippen molar-refractivity contribution in [2.75, 3.05) is 46.5 Å². The Bertz CT molecular complexity index is 226. The predicted molar refractivity (Wildman–Crippen MR) is 54.0 cm³/mol. The number of likely N-dealkylation sites (N-methyl/N-ethyl adjacent to an activating group) is 1.